The van der Waals surface area contributed by atoms with Crippen LogP contribution in [-0.4, -0.2) is 48.3 Å². The van der Waals surface area contributed by atoms with Crippen molar-refractivity contribution < 1.29 is 24.2 Å². The van der Waals surface area contributed by atoms with Gasteiger partial charge in [0.15, 0.2) is 11.5 Å². The van der Waals surface area contributed by atoms with E-state index < -0.39 is 11.8 Å². The van der Waals surface area contributed by atoms with Gasteiger partial charge in [-0.2, -0.15) is 0 Å². The first-order valence-corrected chi connectivity index (χ1v) is 6.26. The molecule has 7 nitrogen and oxygen atoms in total. The molecule has 1 aliphatic rings. The number of nitrogens with zero attached hydrogens (tertiary/aromatic N) is 1. The molecule has 20 heavy (non-hydrogen) atoms. The third-order valence-corrected chi connectivity index (χ3v) is 2.86. The molecule has 1 aromatic rings. The molecule has 0 fully saturated rings. The van der Waals surface area contributed by atoms with E-state index in [1.54, 1.807) is 25.1 Å². The van der Waals surface area contributed by atoms with Crippen LogP contribution < -0.4 is 14.8 Å². The van der Waals surface area contributed by atoms with Gasteiger partial charge in [0.2, 0.25) is 6.79 Å². The largest absolute Gasteiger partial charge is 0.454 e. The molecule has 0 unspecified atom stereocenters. The number of anilines is 1. The van der Waals surface area contributed by atoms with E-state index in [1.165, 1.54) is 4.90 Å². The summed E-state index contributed by atoms with van der Waals surface area (Å²) in [6.45, 7) is 2.18. The van der Waals surface area contributed by atoms with Gasteiger partial charge in [0.1, 0.15) is 0 Å². The van der Waals surface area contributed by atoms with E-state index in [0.717, 1.165) is 0 Å². The van der Waals surface area contributed by atoms with Crippen molar-refractivity contribution in [3.63, 3.8) is 0 Å². The van der Waals surface area contributed by atoms with Crippen LogP contribution in [0.15, 0.2) is 18.2 Å². The molecule has 0 radical (unpaired) electrons. The lowest BCUT2D eigenvalue weighted by Gasteiger charge is -2.18. The number of amides is 2. The summed E-state index contributed by atoms with van der Waals surface area (Å²) < 4.78 is 10.3. The van der Waals surface area contributed by atoms with Gasteiger partial charge in [-0.25, -0.2) is 0 Å². The second-order valence-electron chi connectivity index (χ2n) is 4.13. The Kier molecular flexibility index (Phi) is 4.41. The summed E-state index contributed by atoms with van der Waals surface area (Å²) >= 11 is 0. The van der Waals surface area contributed by atoms with Gasteiger partial charge in [0.25, 0.3) is 0 Å². The Morgan fingerprint density at radius 1 is 1.35 bits per heavy atom. The number of aliphatic hydroxyl groups excluding tert-OH is 1. The number of carbonyl (C=O) groups excluding carboxylic acids is 2. The fraction of sp³-hybridized carbons (Fsp3) is 0.385. The molecule has 1 aliphatic heterocycles. The zero-order valence-electron chi connectivity index (χ0n) is 11.1. The molecule has 2 rings (SSSR count). The average molecular weight is 280 g/mol. The topological polar surface area (TPSA) is 88.1 Å². The van der Waals surface area contributed by atoms with Gasteiger partial charge in [-0.05, 0) is 19.1 Å². The Hall–Kier alpha value is -2.28. The number of likely N-dealkylation sites (N-methyl/N-ethyl adjacent to an activating group) is 1. The molecular formula is C13H16N2O5. The van der Waals surface area contributed by atoms with Crippen LogP contribution in [0.3, 0.4) is 0 Å². The highest BCUT2D eigenvalue weighted by Gasteiger charge is 2.21. The summed E-state index contributed by atoms with van der Waals surface area (Å²) in [5.74, 6) is -0.305. The minimum absolute atomic E-state index is 0.129. The predicted octanol–water partition coefficient (Wildman–Crippen LogP) is 0.195. The van der Waals surface area contributed by atoms with Crippen molar-refractivity contribution in [3.05, 3.63) is 18.2 Å². The van der Waals surface area contributed by atoms with E-state index in [0.29, 0.717) is 23.7 Å². The molecule has 2 N–H and O–H groups in total. The van der Waals surface area contributed by atoms with Crippen LogP contribution >= 0.6 is 0 Å². The summed E-state index contributed by atoms with van der Waals surface area (Å²) in [6, 6.07) is 4.88. The summed E-state index contributed by atoms with van der Waals surface area (Å²) in [5.41, 5.74) is 0.452. The maximum absolute atomic E-state index is 11.8. The molecule has 0 saturated carbocycles. The zero-order chi connectivity index (χ0) is 14.5. The normalized spacial score (nSPS) is 12.1. The van der Waals surface area contributed by atoms with Crippen LogP contribution in [0.4, 0.5) is 5.69 Å². The Morgan fingerprint density at radius 2 is 2.10 bits per heavy atom. The number of aliphatic hydroxyl groups is 1. The molecule has 0 aliphatic carbocycles. The highest BCUT2D eigenvalue weighted by molar-refractivity contribution is 6.39. The number of benzene rings is 1. The van der Waals surface area contributed by atoms with Crippen molar-refractivity contribution in [3.8, 4) is 11.5 Å². The molecule has 108 valence electrons. The average Bonchev–Trinajstić information content (AvgIpc) is 2.91. The third kappa shape index (κ3) is 3.00. The standard InChI is InChI=1S/C13H16N2O5/c1-2-15(5-6-16)13(18)12(17)14-9-3-4-10-11(7-9)20-8-19-10/h3-4,7,16H,2,5-6,8H2,1H3,(H,14,17). The van der Waals surface area contributed by atoms with Crippen molar-refractivity contribution in [2.45, 2.75) is 6.92 Å². The Bertz CT molecular complexity index is 517. The lowest BCUT2D eigenvalue weighted by atomic mass is 10.2. The number of hydrogen-bond acceptors (Lipinski definition) is 5. The van der Waals surface area contributed by atoms with Gasteiger partial charge in [-0.15, -0.1) is 0 Å². The first-order chi connectivity index (χ1) is 9.65. The smallest absolute Gasteiger partial charge is 0.313 e. The van der Waals surface area contributed by atoms with Crippen molar-refractivity contribution >= 4 is 17.5 Å². The molecular weight excluding hydrogens is 264 g/mol. The second kappa shape index (κ2) is 6.25. The van der Waals surface area contributed by atoms with Crippen LogP contribution in [0.1, 0.15) is 6.92 Å². The van der Waals surface area contributed by atoms with E-state index in [1.807, 2.05) is 0 Å². The number of carbonyl (C=O) groups is 2. The zero-order valence-corrected chi connectivity index (χ0v) is 11.1. The van der Waals surface area contributed by atoms with Crippen LogP contribution in [0.5, 0.6) is 11.5 Å². The predicted molar refractivity (Wildman–Crippen MR) is 70.5 cm³/mol. The SMILES string of the molecule is CCN(CCO)C(=O)C(=O)Nc1ccc2c(c1)OCO2. The van der Waals surface area contributed by atoms with E-state index in [-0.39, 0.29) is 19.9 Å². The van der Waals surface area contributed by atoms with E-state index in [9.17, 15) is 9.59 Å². The summed E-state index contributed by atoms with van der Waals surface area (Å²) in [6.07, 6.45) is 0. The Morgan fingerprint density at radius 3 is 2.80 bits per heavy atom. The van der Waals surface area contributed by atoms with Gasteiger partial charge in [-0.1, -0.05) is 0 Å². The minimum Gasteiger partial charge on any atom is -0.454 e. The van der Waals surface area contributed by atoms with Crippen LogP contribution in [0.2, 0.25) is 0 Å². The van der Waals surface area contributed by atoms with Crippen LogP contribution in [0, 0.1) is 0 Å². The molecule has 0 saturated heterocycles. The highest BCUT2D eigenvalue weighted by atomic mass is 16.7. The molecule has 7 heteroatoms. The van der Waals surface area contributed by atoms with Gasteiger partial charge in [0.05, 0.1) is 6.61 Å². The fourth-order valence-electron chi connectivity index (χ4n) is 1.83. The lowest BCUT2D eigenvalue weighted by Crippen LogP contribution is -2.41. The Balaban J connectivity index is 2.02. The minimum atomic E-state index is -0.751. The third-order valence-electron chi connectivity index (χ3n) is 2.86. The quantitative estimate of drug-likeness (QED) is 0.769. The van der Waals surface area contributed by atoms with E-state index in [4.69, 9.17) is 14.6 Å². The fourth-order valence-corrected chi connectivity index (χ4v) is 1.83. The number of hydrogen-bond donors (Lipinski definition) is 2. The maximum atomic E-state index is 11.8. The first kappa shape index (κ1) is 14.1. The molecule has 0 aromatic heterocycles. The molecule has 1 aromatic carbocycles. The van der Waals surface area contributed by atoms with Crippen molar-refractivity contribution in [2.75, 3.05) is 31.8 Å². The van der Waals surface area contributed by atoms with Crippen molar-refractivity contribution in [2.24, 2.45) is 0 Å². The lowest BCUT2D eigenvalue weighted by molar-refractivity contribution is -0.143. The molecule has 0 atom stereocenters. The molecule has 0 bridgehead atoms. The van der Waals surface area contributed by atoms with Crippen LogP contribution in [-0.2, 0) is 9.59 Å². The maximum Gasteiger partial charge on any atom is 0.313 e. The Labute approximate surface area is 116 Å². The summed E-state index contributed by atoms with van der Waals surface area (Å²) in [4.78, 5) is 24.9. The van der Waals surface area contributed by atoms with Gasteiger partial charge in [-0.3, -0.25) is 9.59 Å². The van der Waals surface area contributed by atoms with Gasteiger partial charge >= 0.3 is 11.8 Å². The van der Waals surface area contributed by atoms with E-state index in [2.05, 4.69) is 5.32 Å². The van der Waals surface area contributed by atoms with Gasteiger partial charge < -0.3 is 24.8 Å². The highest BCUT2D eigenvalue weighted by Crippen LogP contribution is 2.34. The number of ether oxygens (including phenoxy) is 2. The van der Waals surface area contributed by atoms with Gasteiger partial charge in [0, 0.05) is 24.8 Å². The first-order valence-electron chi connectivity index (χ1n) is 6.26. The number of nitrogens with one attached hydrogen (secondary N) is 1. The van der Waals surface area contributed by atoms with Crippen LogP contribution in [0.25, 0.3) is 0 Å². The molecule has 2 amide bonds. The second-order valence-corrected chi connectivity index (χ2v) is 4.13. The summed E-state index contributed by atoms with van der Waals surface area (Å²) in [5, 5.41) is 11.3. The molecule has 0 spiro atoms. The number of rotatable bonds is 4. The van der Waals surface area contributed by atoms with Crippen molar-refractivity contribution in [1.82, 2.24) is 4.90 Å². The monoisotopic (exact) mass is 280 g/mol. The van der Waals surface area contributed by atoms with E-state index >= 15 is 0 Å². The van der Waals surface area contributed by atoms with Crippen molar-refractivity contribution in [1.29, 1.82) is 0 Å². The number of fused-ring (bicyclic) bond motifs is 1. The molecule has 1 heterocycles. The summed E-state index contributed by atoms with van der Waals surface area (Å²) in [7, 11) is 0.